The van der Waals surface area contributed by atoms with Gasteiger partial charge in [0, 0.05) is 24.7 Å². The highest BCUT2D eigenvalue weighted by Gasteiger charge is 2.24. The second-order valence-corrected chi connectivity index (χ2v) is 7.03. The Morgan fingerprint density at radius 3 is 2.40 bits per heavy atom. The van der Waals surface area contributed by atoms with Gasteiger partial charge < -0.3 is 24.4 Å². The summed E-state index contributed by atoms with van der Waals surface area (Å²) in [5.74, 6) is 1.64. The van der Waals surface area contributed by atoms with Gasteiger partial charge in [0.1, 0.15) is 5.75 Å². The predicted octanol–water partition coefficient (Wildman–Crippen LogP) is 2.89. The summed E-state index contributed by atoms with van der Waals surface area (Å²) in [4.78, 5) is 26.8. The topological polar surface area (TPSA) is 77.1 Å². The molecule has 30 heavy (non-hydrogen) atoms. The Balaban J connectivity index is 1.46. The lowest BCUT2D eigenvalue weighted by Crippen LogP contribution is -2.47. The van der Waals surface area contributed by atoms with Gasteiger partial charge in [0.25, 0.3) is 11.8 Å². The fraction of sp³-hybridized carbons (Fsp3) is 0.391. The van der Waals surface area contributed by atoms with Crippen LogP contribution in [0.5, 0.6) is 17.2 Å². The number of benzene rings is 2. The van der Waals surface area contributed by atoms with Crippen molar-refractivity contribution in [2.24, 2.45) is 0 Å². The number of carbonyl (C=O) groups excluding carboxylic acids is 2. The summed E-state index contributed by atoms with van der Waals surface area (Å²) in [5.41, 5.74) is 0.564. The minimum atomic E-state index is -0.130. The standard InChI is InChI=1S/C23H28N2O5/c1-3-29-20-9-4-5-10-21(20)30-16-22(26)25-13-11-18(12-14-25)24-23(27)17-7-6-8-19(15-17)28-2/h4-10,15,18H,3,11-14,16H2,1-2H3,(H,24,27). The molecule has 2 aromatic rings. The van der Waals surface area contributed by atoms with Crippen molar-refractivity contribution in [3.05, 3.63) is 54.1 Å². The number of hydrogen-bond donors (Lipinski definition) is 1. The number of methoxy groups -OCH3 is 1. The minimum Gasteiger partial charge on any atom is -0.497 e. The first kappa shape index (κ1) is 21.5. The van der Waals surface area contributed by atoms with Crippen molar-refractivity contribution in [2.75, 3.05) is 33.4 Å². The van der Waals surface area contributed by atoms with Gasteiger partial charge in [-0.3, -0.25) is 9.59 Å². The molecule has 0 radical (unpaired) electrons. The van der Waals surface area contributed by atoms with Gasteiger partial charge in [-0.05, 0) is 50.1 Å². The van der Waals surface area contributed by atoms with Crippen LogP contribution in [0.25, 0.3) is 0 Å². The Kier molecular flexibility index (Phi) is 7.54. The third-order valence-electron chi connectivity index (χ3n) is 5.01. The molecule has 0 atom stereocenters. The van der Waals surface area contributed by atoms with Crippen LogP contribution in [0.1, 0.15) is 30.1 Å². The molecule has 1 saturated heterocycles. The summed E-state index contributed by atoms with van der Waals surface area (Å²) in [5, 5.41) is 3.05. The van der Waals surface area contributed by atoms with Gasteiger partial charge in [-0.15, -0.1) is 0 Å². The maximum Gasteiger partial charge on any atom is 0.260 e. The fourth-order valence-corrected chi connectivity index (χ4v) is 3.38. The monoisotopic (exact) mass is 412 g/mol. The first-order valence-corrected chi connectivity index (χ1v) is 10.2. The van der Waals surface area contributed by atoms with Crippen LogP contribution in [0.15, 0.2) is 48.5 Å². The van der Waals surface area contributed by atoms with E-state index in [4.69, 9.17) is 14.2 Å². The van der Waals surface area contributed by atoms with Crippen molar-refractivity contribution in [3.63, 3.8) is 0 Å². The average molecular weight is 412 g/mol. The molecule has 0 spiro atoms. The zero-order valence-corrected chi connectivity index (χ0v) is 17.4. The fourth-order valence-electron chi connectivity index (χ4n) is 3.38. The maximum atomic E-state index is 12.5. The van der Waals surface area contributed by atoms with E-state index in [2.05, 4.69) is 5.32 Å². The van der Waals surface area contributed by atoms with Crippen molar-refractivity contribution in [1.29, 1.82) is 0 Å². The molecule has 1 heterocycles. The van der Waals surface area contributed by atoms with Crippen LogP contribution in [-0.4, -0.2) is 56.2 Å². The van der Waals surface area contributed by atoms with Gasteiger partial charge in [-0.25, -0.2) is 0 Å². The molecule has 7 nitrogen and oxygen atoms in total. The van der Waals surface area contributed by atoms with E-state index in [1.807, 2.05) is 25.1 Å². The zero-order chi connectivity index (χ0) is 21.3. The summed E-state index contributed by atoms with van der Waals surface area (Å²) >= 11 is 0. The highest BCUT2D eigenvalue weighted by molar-refractivity contribution is 5.94. The molecule has 1 aliphatic rings. The van der Waals surface area contributed by atoms with Crippen molar-refractivity contribution < 1.29 is 23.8 Å². The molecule has 0 aliphatic carbocycles. The van der Waals surface area contributed by atoms with Crippen molar-refractivity contribution in [2.45, 2.75) is 25.8 Å². The van der Waals surface area contributed by atoms with Gasteiger partial charge in [-0.2, -0.15) is 0 Å². The molecule has 0 aromatic heterocycles. The number of para-hydroxylation sites is 2. The molecule has 0 saturated carbocycles. The van der Waals surface area contributed by atoms with Crippen LogP contribution >= 0.6 is 0 Å². The van der Waals surface area contributed by atoms with Crippen molar-refractivity contribution in [1.82, 2.24) is 10.2 Å². The zero-order valence-electron chi connectivity index (χ0n) is 17.4. The van der Waals surface area contributed by atoms with E-state index in [1.165, 1.54) is 0 Å². The summed E-state index contributed by atoms with van der Waals surface area (Å²) in [6, 6.07) is 14.4. The van der Waals surface area contributed by atoms with Gasteiger partial charge in [0.2, 0.25) is 0 Å². The van der Waals surface area contributed by atoms with Crippen LogP contribution in [-0.2, 0) is 4.79 Å². The molecule has 2 amide bonds. The Bertz CT molecular complexity index is 862. The molecule has 160 valence electrons. The Labute approximate surface area is 176 Å². The molecule has 3 rings (SSSR count). The SMILES string of the molecule is CCOc1ccccc1OCC(=O)N1CCC(NC(=O)c2cccc(OC)c2)CC1. The third kappa shape index (κ3) is 5.65. The van der Waals surface area contributed by atoms with E-state index < -0.39 is 0 Å². The number of ether oxygens (including phenoxy) is 3. The van der Waals surface area contributed by atoms with Crippen LogP contribution in [0.2, 0.25) is 0 Å². The maximum absolute atomic E-state index is 12.5. The summed E-state index contributed by atoms with van der Waals surface area (Å²) in [6.45, 7) is 3.56. The number of rotatable bonds is 8. The summed E-state index contributed by atoms with van der Waals surface area (Å²) < 4.78 is 16.4. The van der Waals surface area contributed by atoms with Crippen LogP contribution in [0, 0.1) is 0 Å². The van der Waals surface area contributed by atoms with E-state index in [-0.39, 0.29) is 24.5 Å². The molecular formula is C23H28N2O5. The van der Waals surface area contributed by atoms with Crippen LogP contribution < -0.4 is 19.5 Å². The number of likely N-dealkylation sites (tertiary alicyclic amines) is 1. The van der Waals surface area contributed by atoms with Gasteiger partial charge in [0.05, 0.1) is 13.7 Å². The lowest BCUT2D eigenvalue weighted by atomic mass is 10.0. The van der Waals surface area contributed by atoms with Crippen molar-refractivity contribution >= 4 is 11.8 Å². The molecule has 7 heteroatoms. The van der Waals surface area contributed by atoms with Gasteiger partial charge in [-0.1, -0.05) is 18.2 Å². The molecule has 0 unspecified atom stereocenters. The molecule has 1 aliphatic heterocycles. The number of carbonyl (C=O) groups is 2. The van der Waals surface area contributed by atoms with E-state index in [9.17, 15) is 9.59 Å². The van der Waals surface area contributed by atoms with E-state index >= 15 is 0 Å². The molecule has 1 fully saturated rings. The number of nitrogens with zero attached hydrogens (tertiary/aromatic N) is 1. The van der Waals surface area contributed by atoms with E-state index in [0.717, 1.165) is 0 Å². The highest BCUT2D eigenvalue weighted by atomic mass is 16.5. The summed E-state index contributed by atoms with van der Waals surface area (Å²) in [6.07, 6.45) is 1.41. The quantitative estimate of drug-likeness (QED) is 0.721. The smallest absolute Gasteiger partial charge is 0.260 e. The Morgan fingerprint density at radius 2 is 1.73 bits per heavy atom. The second kappa shape index (κ2) is 10.5. The first-order chi connectivity index (χ1) is 14.6. The van der Waals surface area contributed by atoms with Gasteiger partial charge in [0.15, 0.2) is 18.1 Å². The summed E-state index contributed by atoms with van der Waals surface area (Å²) in [7, 11) is 1.57. The Hall–Kier alpha value is -3.22. The third-order valence-corrected chi connectivity index (χ3v) is 5.01. The molecule has 1 N–H and O–H groups in total. The van der Waals surface area contributed by atoms with Crippen LogP contribution in [0.4, 0.5) is 0 Å². The number of piperidine rings is 1. The second-order valence-electron chi connectivity index (χ2n) is 7.03. The number of hydrogen-bond acceptors (Lipinski definition) is 5. The number of amides is 2. The normalized spacial score (nSPS) is 14.1. The minimum absolute atomic E-state index is 0.0346. The lowest BCUT2D eigenvalue weighted by Gasteiger charge is -2.32. The Morgan fingerprint density at radius 1 is 1.03 bits per heavy atom. The highest BCUT2D eigenvalue weighted by Crippen LogP contribution is 2.26. The van der Waals surface area contributed by atoms with E-state index in [1.54, 1.807) is 42.3 Å². The van der Waals surface area contributed by atoms with E-state index in [0.29, 0.717) is 55.4 Å². The largest absolute Gasteiger partial charge is 0.497 e. The molecular weight excluding hydrogens is 384 g/mol. The lowest BCUT2D eigenvalue weighted by molar-refractivity contribution is -0.134. The predicted molar refractivity (Wildman–Crippen MR) is 113 cm³/mol. The molecule has 2 aromatic carbocycles. The number of nitrogens with one attached hydrogen (secondary N) is 1. The van der Waals surface area contributed by atoms with Gasteiger partial charge >= 0.3 is 0 Å². The van der Waals surface area contributed by atoms with Crippen LogP contribution in [0.3, 0.4) is 0 Å². The first-order valence-electron chi connectivity index (χ1n) is 10.2. The average Bonchev–Trinajstić information content (AvgIpc) is 2.79. The van der Waals surface area contributed by atoms with Crippen molar-refractivity contribution in [3.8, 4) is 17.2 Å². The molecule has 0 bridgehead atoms.